The molecule has 1 heterocycles. The molecule has 1 fully saturated rings. The number of hydrogen-bond acceptors (Lipinski definition) is 1. The van der Waals surface area contributed by atoms with Gasteiger partial charge in [-0.1, -0.05) is 85.0 Å². The van der Waals surface area contributed by atoms with Crippen molar-refractivity contribution in [1.82, 2.24) is 4.90 Å². The summed E-state index contributed by atoms with van der Waals surface area (Å²) in [5.74, 6) is 0. The molecule has 0 radical (unpaired) electrons. The van der Waals surface area contributed by atoms with Gasteiger partial charge in [0, 0.05) is 12.1 Å². The average molecular weight is 303 g/mol. The van der Waals surface area contributed by atoms with Crippen molar-refractivity contribution in [3.05, 3.63) is 83.9 Å². The minimum absolute atomic E-state index is 0.523. The average Bonchev–Trinajstić information content (AvgIpc) is 2.61. The van der Waals surface area contributed by atoms with E-state index in [1.165, 1.54) is 30.4 Å². The summed E-state index contributed by atoms with van der Waals surface area (Å²) in [5, 5.41) is 0. The van der Waals surface area contributed by atoms with Crippen LogP contribution in [-0.4, -0.2) is 24.0 Å². The van der Waals surface area contributed by atoms with Gasteiger partial charge in [-0.15, -0.1) is 0 Å². The van der Waals surface area contributed by atoms with Crippen molar-refractivity contribution in [2.75, 3.05) is 7.05 Å². The minimum atomic E-state index is 0.523. The van der Waals surface area contributed by atoms with Gasteiger partial charge in [-0.2, -0.15) is 0 Å². The summed E-state index contributed by atoms with van der Waals surface area (Å²) in [4.78, 5) is 2.50. The monoisotopic (exact) mass is 303 g/mol. The van der Waals surface area contributed by atoms with E-state index in [1.54, 1.807) is 0 Å². The van der Waals surface area contributed by atoms with E-state index in [2.05, 4.69) is 96.9 Å². The second-order valence-corrected chi connectivity index (χ2v) is 6.27. The smallest absolute Gasteiger partial charge is 0.0284 e. The van der Waals surface area contributed by atoms with E-state index in [1.807, 2.05) is 0 Å². The van der Waals surface area contributed by atoms with Crippen LogP contribution in [0.5, 0.6) is 0 Å². The molecule has 1 nitrogen and oxygen atoms in total. The zero-order valence-electron chi connectivity index (χ0n) is 13.8. The van der Waals surface area contributed by atoms with Gasteiger partial charge < -0.3 is 0 Å². The fourth-order valence-corrected chi connectivity index (χ4v) is 3.23. The van der Waals surface area contributed by atoms with Crippen molar-refractivity contribution in [3.63, 3.8) is 0 Å². The van der Waals surface area contributed by atoms with E-state index in [0.29, 0.717) is 12.1 Å². The molecule has 0 N–H and O–H groups in total. The van der Waals surface area contributed by atoms with Gasteiger partial charge in [-0.3, -0.25) is 4.90 Å². The highest BCUT2D eigenvalue weighted by Gasteiger charge is 2.23. The largest absolute Gasteiger partial charge is 0.294 e. The van der Waals surface area contributed by atoms with Gasteiger partial charge >= 0.3 is 0 Å². The summed E-state index contributed by atoms with van der Waals surface area (Å²) < 4.78 is 0. The van der Waals surface area contributed by atoms with Crippen LogP contribution in [0, 0.1) is 0 Å². The molecule has 1 saturated heterocycles. The second-order valence-electron chi connectivity index (χ2n) is 6.27. The topological polar surface area (TPSA) is 3.24 Å². The summed E-state index contributed by atoms with van der Waals surface area (Å²) in [6.07, 6.45) is 13.0. The lowest BCUT2D eigenvalue weighted by molar-refractivity contribution is 0.175. The first-order valence-corrected chi connectivity index (χ1v) is 8.51. The van der Waals surface area contributed by atoms with E-state index in [4.69, 9.17) is 0 Å². The Hall–Kier alpha value is -2.12. The molecule has 1 aliphatic rings. The maximum absolute atomic E-state index is 2.50. The van der Waals surface area contributed by atoms with Gasteiger partial charge in [-0.05, 0) is 37.4 Å². The van der Waals surface area contributed by atoms with Crippen molar-refractivity contribution in [3.8, 4) is 0 Å². The fraction of sp³-hybridized carbons (Fsp3) is 0.273. The van der Waals surface area contributed by atoms with Crippen LogP contribution in [0.15, 0.2) is 72.8 Å². The van der Waals surface area contributed by atoms with Crippen LogP contribution in [0.3, 0.4) is 0 Å². The molecule has 118 valence electrons. The van der Waals surface area contributed by atoms with Crippen LogP contribution in [0.2, 0.25) is 0 Å². The van der Waals surface area contributed by atoms with E-state index in [-0.39, 0.29) is 0 Å². The number of likely N-dealkylation sites (N-methyl/N-ethyl adjacent to an activating group) is 1. The maximum Gasteiger partial charge on any atom is 0.0284 e. The molecular formula is C22H25N. The van der Waals surface area contributed by atoms with E-state index in [9.17, 15) is 0 Å². The Bertz CT molecular complexity index is 585. The number of likely N-dealkylation sites (tertiary alicyclic amines) is 1. The zero-order valence-corrected chi connectivity index (χ0v) is 13.8. The predicted molar refractivity (Wildman–Crippen MR) is 100 cm³/mol. The summed E-state index contributed by atoms with van der Waals surface area (Å²) in [5.41, 5.74) is 2.56. The van der Waals surface area contributed by atoms with Crippen LogP contribution in [0.1, 0.15) is 30.4 Å². The van der Waals surface area contributed by atoms with Crippen LogP contribution in [-0.2, 0) is 0 Å². The van der Waals surface area contributed by atoms with Crippen LogP contribution in [0.25, 0.3) is 12.2 Å². The highest BCUT2D eigenvalue weighted by atomic mass is 15.2. The van der Waals surface area contributed by atoms with Crippen molar-refractivity contribution < 1.29 is 0 Å². The molecule has 0 aromatic heterocycles. The molecule has 0 amide bonds. The maximum atomic E-state index is 2.50. The lowest BCUT2D eigenvalue weighted by atomic mass is 9.95. The summed E-state index contributed by atoms with van der Waals surface area (Å²) in [6, 6.07) is 22.2. The Labute approximate surface area is 140 Å². The Morgan fingerprint density at radius 1 is 0.739 bits per heavy atom. The number of rotatable bonds is 4. The molecule has 2 atom stereocenters. The second kappa shape index (κ2) is 7.94. The number of hydrogen-bond donors (Lipinski definition) is 0. The first-order valence-electron chi connectivity index (χ1n) is 8.51. The van der Waals surface area contributed by atoms with Gasteiger partial charge in [0.15, 0.2) is 0 Å². The SMILES string of the molecule is CN1[C@H](/C=C/c2ccccc2)CCC[C@H]1/C=C/c1ccccc1. The van der Waals surface area contributed by atoms with E-state index < -0.39 is 0 Å². The van der Waals surface area contributed by atoms with Crippen molar-refractivity contribution in [1.29, 1.82) is 0 Å². The molecule has 0 spiro atoms. The molecule has 3 rings (SSSR count). The highest BCUT2D eigenvalue weighted by Crippen LogP contribution is 2.24. The Kier molecular flexibility index (Phi) is 5.44. The molecule has 0 unspecified atom stereocenters. The third-order valence-electron chi connectivity index (χ3n) is 4.67. The highest BCUT2D eigenvalue weighted by molar-refractivity contribution is 5.51. The molecule has 2 aromatic carbocycles. The standard InChI is InChI=1S/C22H25N/c1-23-21(17-15-19-9-4-2-5-10-19)13-8-14-22(23)18-16-20-11-6-3-7-12-20/h2-7,9-12,15-18,21-22H,8,13-14H2,1H3/b17-15+,18-16+/t21-,22-/m0/s1. The summed E-state index contributed by atoms with van der Waals surface area (Å²) >= 11 is 0. The molecule has 0 aliphatic carbocycles. The Morgan fingerprint density at radius 2 is 1.17 bits per heavy atom. The first-order chi connectivity index (χ1) is 11.3. The van der Waals surface area contributed by atoms with Gasteiger partial charge in [-0.25, -0.2) is 0 Å². The molecule has 0 saturated carbocycles. The Morgan fingerprint density at radius 3 is 1.61 bits per heavy atom. The molecule has 1 heteroatoms. The molecule has 2 aromatic rings. The molecule has 23 heavy (non-hydrogen) atoms. The number of piperidine rings is 1. The van der Waals surface area contributed by atoms with Crippen molar-refractivity contribution in [2.45, 2.75) is 31.3 Å². The normalized spacial score (nSPS) is 22.8. The number of benzene rings is 2. The molecule has 1 aliphatic heterocycles. The lowest BCUT2D eigenvalue weighted by Gasteiger charge is -2.36. The van der Waals surface area contributed by atoms with Crippen LogP contribution in [0.4, 0.5) is 0 Å². The van der Waals surface area contributed by atoms with Crippen molar-refractivity contribution in [2.24, 2.45) is 0 Å². The van der Waals surface area contributed by atoms with E-state index in [0.717, 1.165) is 0 Å². The zero-order chi connectivity index (χ0) is 15.9. The molecule has 0 bridgehead atoms. The third-order valence-corrected chi connectivity index (χ3v) is 4.67. The van der Waals surface area contributed by atoms with Gasteiger partial charge in [0.1, 0.15) is 0 Å². The van der Waals surface area contributed by atoms with Crippen LogP contribution >= 0.6 is 0 Å². The van der Waals surface area contributed by atoms with Crippen molar-refractivity contribution >= 4 is 12.2 Å². The first kappa shape index (κ1) is 15.8. The van der Waals surface area contributed by atoms with E-state index >= 15 is 0 Å². The van der Waals surface area contributed by atoms with Gasteiger partial charge in [0.25, 0.3) is 0 Å². The predicted octanol–water partition coefficient (Wildman–Crippen LogP) is 5.27. The Balaban J connectivity index is 1.65. The lowest BCUT2D eigenvalue weighted by Crippen LogP contribution is -2.41. The summed E-state index contributed by atoms with van der Waals surface area (Å²) in [7, 11) is 2.25. The fourth-order valence-electron chi connectivity index (χ4n) is 3.23. The number of nitrogens with zero attached hydrogens (tertiary/aromatic N) is 1. The third kappa shape index (κ3) is 4.43. The quantitative estimate of drug-likeness (QED) is 0.744. The minimum Gasteiger partial charge on any atom is -0.294 e. The van der Waals surface area contributed by atoms with Crippen LogP contribution < -0.4 is 0 Å². The van der Waals surface area contributed by atoms with Gasteiger partial charge in [0.05, 0.1) is 0 Å². The molecular weight excluding hydrogens is 278 g/mol. The van der Waals surface area contributed by atoms with Gasteiger partial charge in [0.2, 0.25) is 0 Å². The summed E-state index contributed by atoms with van der Waals surface area (Å²) in [6.45, 7) is 0.